The first kappa shape index (κ1) is 18.6. The monoisotopic (exact) mass is 342 g/mol. The molecule has 2 N–H and O–H groups in total. The molecule has 0 saturated heterocycles. The number of hydrogen-bond acceptors (Lipinski definition) is 3. The maximum Gasteiger partial charge on any atom is 0.319 e. The van der Waals surface area contributed by atoms with Gasteiger partial charge in [0.15, 0.2) is 11.5 Å². The molecule has 2 aromatic rings. The van der Waals surface area contributed by atoms with Crippen molar-refractivity contribution in [2.75, 3.05) is 25.1 Å². The molecule has 0 saturated carbocycles. The number of nitrogens with one attached hydrogen (secondary N) is 2. The van der Waals surface area contributed by atoms with Crippen LogP contribution in [0.3, 0.4) is 0 Å². The van der Waals surface area contributed by atoms with E-state index in [-0.39, 0.29) is 6.03 Å². The number of ether oxygens (including phenoxy) is 2. The van der Waals surface area contributed by atoms with Gasteiger partial charge in [0.25, 0.3) is 0 Å². The van der Waals surface area contributed by atoms with Gasteiger partial charge in [-0.15, -0.1) is 0 Å². The molecule has 0 aliphatic carbocycles. The molecule has 0 fully saturated rings. The van der Waals surface area contributed by atoms with Gasteiger partial charge in [-0.3, -0.25) is 0 Å². The molecule has 2 amide bonds. The average molecular weight is 342 g/mol. The highest BCUT2D eigenvalue weighted by Crippen LogP contribution is 2.30. The molecule has 5 nitrogen and oxygen atoms in total. The summed E-state index contributed by atoms with van der Waals surface area (Å²) >= 11 is 0. The van der Waals surface area contributed by atoms with Gasteiger partial charge in [0.2, 0.25) is 0 Å². The van der Waals surface area contributed by atoms with Gasteiger partial charge in [-0.25, -0.2) is 4.79 Å². The molecule has 5 heteroatoms. The number of aryl methyl sites for hydroxylation is 1. The van der Waals surface area contributed by atoms with Crippen molar-refractivity contribution in [1.82, 2.24) is 5.32 Å². The summed E-state index contributed by atoms with van der Waals surface area (Å²) in [4.78, 5) is 12.1. The Bertz CT molecular complexity index is 701. The summed E-state index contributed by atoms with van der Waals surface area (Å²) in [5, 5.41) is 5.69. The van der Waals surface area contributed by atoms with Gasteiger partial charge in [-0.2, -0.15) is 0 Å². The molecule has 0 radical (unpaired) electrons. The third kappa shape index (κ3) is 6.03. The van der Waals surface area contributed by atoms with Crippen molar-refractivity contribution in [2.24, 2.45) is 0 Å². The number of hydrogen-bond donors (Lipinski definition) is 2. The van der Waals surface area contributed by atoms with Crippen LogP contribution in [0, 0.1) is 6.92 Å². The van der Waals surface area contributed by atoms with Gasteiger partial charge in [0.1, 0.15) is 0 Å². The van der Waals surface area contributed by atoms with Crippen LogP contribution in [0.1, 0.15) is 25.0 Å². The van der Waals surface area contributed by atoms with E-state index in [2.05, 4.69) is 35.8 Å². The molecule has 134 valence electrons. The molecule has 0 bridgehead atoms. The number of carbonyl (C=O) groups is 1. The Labute approximate surface area is 149 Å². The third-order valence-corrected chi connectivity index (χ3v) is 3.58. The second-order valence-electron chi connectivity index (χ2n) is 5.65. The van der Waals surface area contributed by atoms with Crippen molar-refractivity contribution >= 4 is 11.7 Å². The molecule has 2 rings (SSSR count). The van der Waals surface area contributed by atoms with Crippen LogP contribution in [0.5, 0.6) is 11.5 Å². The molecule has 0 aromatic heterocycles. The van der Waals surface area contributed by atoms with E-state index in [1.54, 1.807) is 18.2 Å². The van der Waals surface area contributed by atoms with Crippen molar-refractivity contribution in [1.29, 1.82) is 0 Å². The lowest BCUT2D eigenvalue weighted by Gasteiger charge is -2.13. The maximum atomic E-state index is 12.1. The van der Waals surface area contributed by atoms with E-state index in [9.17, 15) is 4.79 Å². The van der Waals surface area contributed by atoms with Crippen LogP contribution in [0.4, 0.5) is 10.5 Å². The van der Waals surface area contributed by atoms with E-state index < -0.39 is 0 Å². The Balaban J connectivity index is 1.88. The summed E-state index contributed by atoms with van der Waals surface area (Å²) in [6, 6.07) is 13.4. The molecule has 0 heterocycles. The molecular formula is C20H26N2O3. The van der Waals surface area contributed by atoms with Crippen LogP contribution >= 0.6 is 0 Å². The fourth-order valence-corrected chi connectivity index (χ4v) is 2.49. The smallest absolute Gasteiger partial charge is 0.319 e. The third-order valence-electron chi connectivity index (χ3n) is 3.58. The largest absolute Gasteiger partial charge is 0.490 e. The quantitative estimate of drug-likeness (QED) is 0.757. The average Bonchev–Trinajstić information content (AvgIpc) is 2.58. The number of rotatable bonds is 8. The van der Waals surface area contributed by atoms with Crippen LogP contribution < -0.4 is 20.1 Å². The zero-order valence-corrected chi connectivity index (χ0v) is 15.1. The van der Waals surface area contributed by atoms with Gasteiger partial charge < -0.3 is 20.1 Å². The Morgan fingerprint density at radius 2 is 1.76 bits per heavy atom. The lowest BCUT2D eigenvalue weighted by molar-refractivity contribution is 0.252. The lowest BCUT2D eigenvalue weighted by atomic mass is 10.1. The van der Waals surface area contributed by atoms with Crippen molar-refractivity contribution in [3.63, 3.8) is 0 Å². The van der Waals surface area contributed by atoms with Crippen molar-refractivity contribution in [3.05, 3.63) is 53.6 Å². The van der Waals surface area contributed by atoms with Gasteiger partial charge in [-0.05, 0) is 44.9 Å². The van der Waals surface area contributed by atoms with E-state index in [1.165, 1.54) is 11.1 Å². The summed E-state index contributed by atoms with van der Waals surface area (Å²) in [6.45, 7) is 7.56. The van der Waals surface area contributed by atoms with E-state index in [0.717, 1.165) is 6.42 Å². The van der Waals surface area contributed by atoms with E-state index in [0.29, 0.717) is 36.9 Å². The Hall–Kier alpha value is -2.69. The van der Waals surface area contributed by atoms with Gasteiger partial charge in [-0.1, -0.05) is 29.8 Å². The van der Waals surface area contributed by atoms with E-state index in [1.807, 2.05) is 19.9 Å². The predicted molar refractivity (Wildman–Crippen MR) is 101 cm³/mol. The number of amides is 2. The standard InChI is InChI=1S/C20H26N2O3/c1-4-24-18-10-9-17(14-19(18)25-5-2)22-20(23)21-12-11-16-8-6-7-15(3)13-16/h6-10,13-14H,4-5,11-12H2,1-3H3,(H2,21,22,23). The summed E-state index contributed by atoms with van der Waals surface area (Å²) in [6.07, 6.45) is 0.794. The molecule has 25 heavy (non-hydrogen) atoms. The zero-order chi connectivity index (χ0) is 18.1. The van der Waals surface area contributed by atoms with Gasteiger partial charge in [0, 0.05) is 18.3 Å². The first-order valence-electron chi connectivity index (χ1n) is 8.62. The van der Waals surface area contributed by atoms with E-state index >= 15 is 0 Å². The van der Waals surface area contributed by atoms with Crippen LogP contribution in [0.2, 0.25) is 0 Å². The van der Waals surface area contributed by atoms with Crippen LogP contribution in [0.25, 0.3) is 0 Å². The number of benzene rings is 2. The summed E-state index contributed by atoms with van der Waals surface area (Å²) in [5.74, 6) is 1.30. The number of anilines is 1. The van der Waals surface area contributed by atoms with Gasteiger partial charge >= 0.3 is 6.03 Å². The zero-order valence-electron chi connectivity index (χ0n) is 15.1. The highest BCUT2D eigenvalue weighted by Gasteiger charge is 2.08. The molecule has 0 aliphatic rings. The molecule has 0 spiro atoms. The minimum absolute atomic E-state index is 0.237. The predicted octanol–water partition coefficient (Wildman–Crippen LogP) is 4.16. The minimum Gasteiger partial charge on any atom is -0.490 e. The van der Waals surface area contributed by atoms with Crippen LogP contribution in [0.15, 0.2) is 42.5 Å². The molecule has 0 aliphatic heterocycles. The topological polar surface area (TPSA) is 59.6 Å². The van der Waals surface area contributed by atoms with E-state index in [4.69, 9.17) is 9.47 Å². The fraction of sp³-hybridized carbons (Fsp3) is 0.350. The maximum absolute atomic E-state index is 12.1. The Kier molecular flexibility index (Phi) is 7.14. The first-order valence-corrected chi connectivity index (χ1v) is 8.62. The second-order valence-corrected chi connectivity index (χ2v) is 5.65. The normalized spacial score (nSPS) is 10.2. The lowest BCUT2D eigenvalue weighted by Crippen LogP contribution is -2.30. The molecule has 0 unspecified atom stereocenters. The van der Waals surface area contributed by atoms with Crippen LogP contribution in [-0.4, -0.2) is 25.8 Å². The number of carbonyl (C=O) groups excluding carboxylic acids is 1. The molecular weight excluding hydrogens is 316 g/mol. The second kappa shape index (κ2) is 9.57. The van der Waals surface area contributed by atoms with Crippen molar-refractivity contribution in [2.45, 2.75) is 27.2 Å². The highest BCUT2D eigenvalue weighted by atomic mass is 16.5. The first-order chi connectivity index (χ1) is 12.1. The molecule has 0 atom stereocenters. The minimum atomic E-state index is -0.237. The molecule has 2 aromatic carbocycles. The fourth-order valence-electron chi connectivity index (χ4n) is 2.49. The Morgan fingerprint density at radius 3 is 2.48 bits per heavy atom. The Morgan fingerprint density at radius 1 is 1.00 bits per heavy atom. The van der Waals surface area contributed by atoms with Crippen molar-refractivity contribution < 1.29 is 14.3 Å². The van der Waals surface area contributed by atoms with Crippen LogP contribution in [-0.2, 0) is 6.42 Å². The van der Waals surface area contributed by atoms with Gasteiger partial charge in [0.05, 0.1) is 13.2 Å². The van der Waals surface area contributed by atoms with Crippen molar-refractivity contribution in [3.8, 4) is 11.5 Å². The summed E-state index contributed by atoms with van der Waals surface area (Å²) < 4.78 is 11.1. The summed E-state index contributed by atoms with van der Waals surface area (Å²) in [7, 11) is 0. The number of urea groups is 1. The summed E-state index contributed by atoms with van der Waals surface area (Å²) in [5.41, 5.74) is 3.10. The SMILES string of the molecule is CCOc1ccc(NC(=O)NCCc2cccc(C)c2)cc1OCC. The highest BCUT2D eigenvalue weighted by molar-refractivity contribution is 5.89.